The maximum atomic E-state index is 13.1. The molecule has 2 bridgehead atoms. The van der Waals surface area contributed by atoms with Crippen LogP contribution >= 0.6 is 0 Å². The van der Waals surface area contributed by atoms with Gasteiger partial charge in [0.1, 0.15) is 6.04 Å². The van der Waals surface area contributed by atoms with Crippen LogP contribution in [0.15, 0.2) is 30.3 Å². The summed E-state index contributed by atoms with van der Waals surface area (Å²) in [5.74, 6) is -1.30. The highest BCUT2D eigenvalue weighted by atomic mass is 16.4. The Kier molecular flexibility index (Phi) is 3.89. The zero-order valence-corrected chi connectivity index (χ0v) is 14.3. The minimum atomic E-state index is -1.11. The fourth-order valence-corrected chi connectivity index (χ4v) is 5.44. The van der Waals surface area contributed by atoms with Crippen LogP contribution in [0, 0.1) is 29.6 Å². The predicted octanol–water partition coefficient (Wildman–Crippen LogP) is 2.35. The van der Waals surface area contributed by atoms with Crippen molar-refractivity contribution in [2.24, 2.45) is 29.6 Å². The summed E-state index contributed by atoms with van der Waals surface area (Å²) in [5, 5.41) is 9.72. The van der Waals surface area contributed by atoms with Crippen LogP contribution in [0.3, 0.4) is 0 Å². The highest BCUT2D eigenvalue weighted by Crippen LogP contribution is 2.55. The van der Waals surface area contributed by atoms with Crippen molar-refractivity contribution in [1.29, 1.82) is 0 Å². The monoisotopic (exact) mass is 341 g/mol. The average Bonchev–Trinajstić information content (AvgIpc) is 2.87. The molecule has 1 aromatic rings. The molecule has 0 spiro atoms. The molecule has 6 atom stereocenters. The van der Waals surface area contributed by atoms with Crippen molar-refractivity contribution in [2.75, 3.05) is 0 Å². The minimum absolute atomic E-state index is 0.165. The van der Waals surface area contributed by atoms with Crippen molar-refractivity contribution in [3.8, 4) is 0 Å². The molecule has 1 heterocycles. The van der Waals surface area contributed by atoms with Crippen LogP contribution in [0.25, 0.3) is 0 Å². The fraction of sp³-hybridized carbons (Fsp3) is 0.550. The lowest BCUT2D eigenvalue weighted by atomic mass is 9.56. The summed E-state index contributed by atoms with van der Waals surface area (Å²) in [7, 11) is 0. The molecule has 5 nitrogen and oxygen atoms in total. The van der Waals surface area contributed by atoms with Gasteiger partial charge in [0.25, 0.3) is 0 Å². The first kappa shape index (κ1) is 16.3. The number of carboxylic acids is 1. The first-order valence-corrected chi connectivity index (χ1v) is 9.12. The molecule has 3 aliphatic carbocycles. The number of benzene rings is 1. The normalized spacial score (nSPS) is 34.9. The van der Waals surface area contributed by atoms with E-state index in [9.17, 15) is 19.5 Å². The van der Waals surface area contributed by atoms with Gasteiger partial charge < -0.3 is 5.11 Å². The van der Waals surface area contributed by atoms with Crippen molar-refractivity contribution in [1.82, 2.24) is 4.90 Å². The third-order valence-electron chi connectivity index (χ3n) is 6.55. The summed E-state index contributed by atoms with van der Waals surface area (Å²) in [6.07, 6.45) is 3.11. The largest absolute Gasteiger partial charge is 0.480 e. The molecule has 25 heavy (non-hydrogen) atoms. The molecular weight excluding hydrogens is 318 g/mol. The maximum Gasteiger partial charge on any atom is 0.327 e. The van der Waals surface area contributed by atoms with E-state index >= 15 is 0 Å². The fourth-order valence-electron chi connectivity index (χ4n) is 5.44. The van der Waals surface area contributed by atoms with Gasteiger partial charge in [-0.3, -0.25) is 14.5 Å². The molecule has 1 saturated heterocycles. The molecule has 0 aromatic heterocycles. The van der Waals surface area contributed by atoms with Crippen molar-refractivity contribution < 1.29 is 19.5 Å². The second-order valence-electron chi connectivity index (χ2n) is 7.86. The number of carbonyl (C=O) groups is 3. The lowest BCUT2D eigenvalue weighted by Crippen LogP contribution is -2.47. The van der Waals surface area contributed by atoms with E-state index in [1.165, 1.54) is 0 Å². The standard InChI is InChI=1S/C20H23NO4/c1-11-9-13-7-8-14(11)17-16(13)18(22)21(19(17)23)15(20(24)25)10-12-5-3-2-4-6-12/h2-6,11,13-17H,7-10H2,1H3,(H,24,25). The number of carboxylic acid groups (broad SMARTS) is 1. The number of imide groups is 1. The summed E-state index contributed by atoms with van der Waals surface area (Å²) >= 11 is 0. The molecule has 1 aromatic carbocycles. The van der Waals surface area contributed by atoms with E-state index in [4.69, 9.17) is 0 Å². The summed E-state index contributed by atoms with van der Waals surface area (Å²) in [5.41, 5.74) is 0.821. The summed E-state index contributed by atoms with van der Waals surface area (Å²) in [4.78, 5) is 39.1. The Bertz CT molecular complexity index is 716. The van der Waals surface area contributed by atoms with E-state index in [0.29, 0.717) is 5.92 Å². The van der Waals surface area contributed by atoms with E-state index in [2.05, 4.69) is 6.92 Å². The van der Waals surface area contributed by atoms with Gasteiger partial charge in [0.15, 0.2) is 0 Å². The van der Waals surface area contributed by atoms with E-state index in [1.807, 2.05) is 30.3 Å². The van der Waals surface area contributed by atoms with E-state index in [0.717, 1.165) is 29.7 Å². The summed E-state index contributed by atoms with van der Waals surface area (Å²) < 4.78 is 0. The van der Waals surface area contributed by atoms with Crippen LogP contribution < -0.4 is 0 Å². The highest BCUT2D eigenvalue weighted by Gasteiger charge is 2.61. The number of rotatable bonds is 4. The summed E-state index contributed by atoms with van der Waals surface area (Å²) in [6, 6.07) is 8.09. The molecule has 6 unspecified atom stereocenters. The molecule has 1 aliphatic heterocycles. The molecule has 2 amide bonds. The van der Waals surface area contributed by atoms with Gasteiger partial charge in [-0.25, -0.2) is 4.79 Å². The van der Waals surface area contributed by atoms with Gasteiger partial charge in [-0.1, -0.05) is 37.3 Å². The number of amides is 2. The lowest BCUT2D eigenvalue weighted by molar-refractivity contribution is -0.155. The van der Waals surface area contributed by atoms with Crippen molar-refractivity contribution >= 4 is 17.8 Å². The molecule has 132 valence electrons. The van der Waals surface area contributed by atoms with Crippen molar-refractivity contribution in [2.45, 2.75) is 38.6 Å². The van der Waals surface area contributed by atoms with Gasteiger partial charge in [-0.05, 0) is 42.6 Å². The van der Waals surface area contributed by atoms with Gasteiger partial charge in [0.2, 0.25) is 11.8 Å². The minimum Gasteiger partial charge on any atom is -0.480 e. The number of fused-ring (bicyclic) bond motifs is 2. The molecule has 5 rings (SSSR count). The number of hydrogen-bond donors (Lipinski definition) is 1. The summed E-state index contributed by atoms with van der Waals surface area (Å²) in [6.45, 7) is 2.16. The Morgan fingerprint density at radius 1 is 1.16 bits per heavy atom. The van der Waals surface area contributed by atoms with Gasteiger partial charge >= 0.3 is 5.97 Å². The van der Waals surface area contributed by atoms with E-state index in [1.54, 1.807) is 0 Å². The number of aliphatic carboxylic acids is 1. The van der Waals surface area contributed by atoms with E-state index < -0.39 is 12.0 Å². The Morgan fingerprint density at radius 2 is 1.84 bits per heavy atom. The third-order valence-corrected chi connectivity index (χ3v) is 6.55. The first-order chi connectivity index (χ1) is 12.0. The van der Waals surface area contributed by atoms with Gasteiger partial charge in [-0.15, -0.1) is 0 Å². The van der Waals surface area contributed by atoms with Crippen LogP contribution in [0.1, 0.15) is 31.7 Å². The molecule has 0 radical (unpaired) electrons. The Labute approximate surface area is 147 Å². The van der Waals surface area contributed by atoms with Gasteiger partial charge in [0.05, 0.1) is 11.8 Å². The molecule has 3 saturated carbocycles. The number of carbonyl (C=O) groups excluding carboxylic acids is 2. The van der Waals surface area contributed by atoms with Crippen LogP contribution in [-0.2, 0) is 20.8 Å². The number of likely N-dealkylation sites (tertiary alicyclic amines) is 1. The second kappa shape index (κ2) is 5.97. The topological polar surface area (TPSA) is 74.7 Å². The maximum absolute atomic E-state index is 13.1. The van der Waals surface area contributed by atoms with Crippen molar-refractivity contribution in [3.05, 3.63) is 35.9 Å². The van der Waals surface area contributed by atoms with Crippen LogP contribution in [0.2, 0.25) is 0 Å². The quantitative estimate of drug-likeness (QED) is 0.853. The Hall–Kier alpha value is -2.17. The molecule has 1 N–H and O–H groups in total. The zero-order valence-electron chi connectivity index (χ0n) is 14.3. The molecule has 4 fully saturated rings. The van der Waals surface area contributed by atoms with Gasteiger partial charge in [-0.2, -0.15) is 0 Å². The van der Waals surface area contributed by atoms with Crippen LogP contribution in [-0.4, -0.2) is 33.8 Å². The SMILES string of the molecule is CC1CC2CCC1C1C(=O)N(C(Cc3ccccc3)C(=O)O)C(=O)C21. The predicted molar refractivity (Wildman–Crippen MR) is 90.4 cm³/mol. The van der Waals surface area contributed by atoms with Crippen LogP contribution in [0.5, 0.6) is 0 Å². The third kappa shape index (κ3) is 2.48. The van der Waals surface area contributed by atoms with Crippen molar-refractivity contribution in [3.63, 3.8) is 0 Å². The lowest BCUT2D eigenvalue weighted by Gasteiger charge is -2.46. The Balaban J connectivity index is 1.66. The molecular formula is C20H23NO4. The first-order valence-electron chi connectivity index (χ1n) is 9.12. The highest BCUT2D eigenvalue weighted by molar-refractivity contribution is 6.08. The van der Waals surface area contributed by atoms with Gasteiger partial charge in [0, 0.05) is 6.42 Å². The molecule has 4 aliphatic rings. The smallest absolute Gasteiger partial charge is 0.327 e. The van der Waals surface area contributed by atoms with Crippen LogP contribution in [0.4, 0.5) is 0 Å². The number of hydrogen-bond acceptors (Lipinski definition) is 3. The average molecular weight is 341 g/mol. The number of nitrogens with zero attached hydrogens (tertiary/aromatic N) is 1. The zero-order chi connectivity index (χ0) is 17.7. The molecule has 5 heteroatoms. The Morgan fingerprint density at radius 3 is 2.48 bits per heavy atom. The second-order valence-corrected chi connectivity index (χ2v) is 7.86. The van der Waals surface area contributed by atoms with E-state index in [-0.39, 0.29) is 41.9 Å².